The van der Waals surface area contributed by atoms with Crippen LogP contribution < -0.4 is 15.8 Å². The highest BCUT2D eigenvalue weighted by molar-refractivity contribution is 7.89. The number of carbonyl (C=O) groups excluding carboxylic acids is 1. The zero-order valence-electron chi connectivity index (χ0n) is 14.1. The van der Waals surface area contributed by atoms with Gasteiger partial charge in [-0.2, -0.15) is 0 Å². The quantitative estimate of drug-likeness (QED) is 0.586. The summed E-state index contributed by atoms with van der Waals surface area (Å²) in [7, 11) is -3.82. The van der Waals surface area contributed by atoms with Crippen LogP contribution in [0, 0.1) is 0 Å². The number of aliphatic hydroxyl groups excluding tert-OH is 1. The zero-order chi connectivity index (χ0) is 18.3. The highest BCUT2D eigenvalue weighted by Gasteiger charge is 2.15. The minimum absolute atomic E-state index is 0.0773. The number of nitrogens with two attached hydrogens (primary N) is 1. The number of rotatable bonds is 6. The van der Waals surface area contributed by atoms with Crippen LogP contribution >= 0.6 is 0 Å². The van der Waals surface area contributed by atoms with Crippen molar-refractivity contribution in [2.24, 2.45) is 5.14 Å². The summed E-state index contributed by atoms with van der Waals surface area (Å²) in [6.07, 6.45) is 4.08. The summed E-state index contributed by atoms with van der Waals surface area (Å²) in [5.74, 6) is 0. The summed E-state index contributed by atoms with van der Waals surface area (Å²) in [4.78, 5) is 14.0. The number of primary sulfonamides is 1. The van der Waals surface area contributed by atoms with Crippen molar-refractivity contribution in [1.82, 2.24) is 10.2 Å². The largest absolute Gasteiger partial charge is 0.390 e. The van der Waals surface area contributed by atoms with Gasteiger partial charge in [0.2, 0.25) is 10.0 Å². The van der Waals surface area contributed by atoms with Gasteiger partial charge in [-0.15, -0.1) is 0 Å². The fourth-order valence-corrected chi connectivity index (χ4v) is 3.38. The van der Waals surface area contributed by atoms with E-state index in [-0.39, 0.29) is 11.4 Å². The van der Waals surface area contributed by atoms with E-state index in [0.717, 1.165) is 25.9 Å². The highest BCUT2D eigenvalue weighted by atomic mass is 32.2. The van der Waals surface area contributed by atoms with E-state index in [0.29, 0.717) is 12.2 Å². The maximum atomic E-state index is 11.9. The first kappa shape index (κ1) is 19.6. The number of likely N-dealkylation sites (tertiary alicyclic amines) is 1. The number of carbonyl (C=O) groups is 1. The molecule has 0 radical (unpaired) electrons. The molecular formula is C16H26N4O4S. The molecule has 0 saturated carbocycles. The first-order valence-corrected chi connectivity index (χ1v) is 9.97. The normalized spacial score (nSPS) is 17.5. The van der Waals surface area contributed by atoms with Crippen molar-refractivity contribution in [3.05, 3.63) is 24.3 Å². The molecule has 5 N–H and O–H groups in total. The number of β-amino-alcohol motifs (C(OH)–C–C–N with tert-alkyl or cyclic N) is 1. The maximum absolute atomic E-state index is 11.9. The Bertz CT molecular complexity index is 672. The molecule has 2 rings (SSSR count). The molecule has 0 spiro atoms. The molecule has 0 bridgehead atoms. The molecule has 1 atom stereocenters. The fourth-order valence-electron chi connectivity index (χ4n) is 2.82. The van der Waals surface area contributed by atoms with Crippen LogP contribution in [0.15, 0.2) is 29.2 Å². The Morgan fingerprint density at radius 2 is 1.92 bits per heavy atom. The van der Waals surface area contributed by atoms with Gasteiger partial charge in [0.15, 0.2) is 0 Å². The molecule has 2 amide bonds. The number of nitrogens with zero attached hydrogens (tertiary/aromatic N) is 1. The van der Waals surface area contributed by atoms with E-state index >= 15 is 0 Å². The van der Waals surface area contributed by atoms with Crippen molar-refractivity contribution in [2.75, 3.05) is 31.5 Å². The number of nitrogens with one attached hydrogen (secondary N) is 2. The topological polar surface area (TPSA) is 125 Å². The van der Waals surface area contributed by atoms with Gasteiger partial charge in [0, 0.05) is 18.8 Å². The van der Waals surface area contributed by atoms with E-state index in [4.69, 9.17) is 5.14 Å². The van der Waals surface area contributed by atoms with Crippen LogP contribution in [-0.2, 0) is 10.0 Å². The molecule has 0 aliphatic carbocycles. The van der Waals surface area contributed by atoms with Gasteiger partial charge in [-0.25, -0.2) is 18.4 Å². The molecule has 1 fully saturated rings. The van der Waals surface area contributed by atoms with Gasteiger partial charge in [0.05, 0.1) is 11.0 Å². The molecule has 1 aromatic carbocycles. The van der Waals surface area contributed by atoms with Gasteiger partial charge in [0.1, 0.15) is 0 Å². The minimum Gasteiger partial charge on any atom is -0.390 e. The molecular weight excluding hydrogens is 344 g/mol. The second-order valence-electron chi connectivity index (χ2n) is 6.28. The summed E-state index contributed by atoms with van der Waals surface area (Å²) in [6.45, 7) is 2.60. The Kier molecular flexibility index (Phi) is 7.18. The third-order valence-corrected chi connectivity index (χ3v) is 5.00. The Labute approximate surface area is 148 Å². The number of hydrogen-bond donors (Lipinski definition) is 4. The van der Waals surface area contributed by atoms with Gasteiger partial charge < -0.3 is 20.6 Å². The summed E-state index contributed by atoms with van der Waals surface area (Å²) < 4.78 is 22.6. The third-order valence-electron chi connectivity index (χ3n) is 4.09. The first-order chi connectivity index (χ1) is 11.8. The van der Waals surface area contributed by atoms with E-state index < -0.39 is 22.2 Å². The van der Waals surface area contributed by atoms with Crippen LogP contribution in [0.1, 0.15) is 25.7 Å². The van der Waals surface area contributed by atoms with E-state index in [2.05, 4.69) is 15.5 Å². The van der Waals surface area contributed by atoms with Crippen LogP contribution in [0.4, 0.5) is 10.5 Å². The predicted molar refractivity (Wildman–Crippen MR) is 95.8 cm³/mol. The lowest BCUT2D eigenvalue weighted by Crippen LogP contribution is -2.41. The highest BCUT2D eigenvalue weighted by Crippen LogP contribution is 2.14. The van der Waals surface area contributed by atoms with Gasteiger partial charge >= 0.3 is 6.03 Å². The Balaban J connectivity index is 1.78. The maximum Gasteiger partial charge on any atom is 0.319 e. The van der Waals surface area contributed by atoms with E-state index in [1.807, 2.05) is 0 Å². The van der Waals surface area contributed by atoms with Crippen LogP contribution in [0.3, 0.4) is 0 Å². The average molecular weight is 370 g/mol. The summed E-state index contributed by atoms with van der Waals surface area (Å²) in [6, 6.07) is 5.17. The van der Waals surface area contributed by atoms with E-state index in [9.17, 15) is 18.3 Å². The van der Waals surface area contributed by atoms with Crippen molar-refractivity contribution in [1.29, 1.82) is 0 Å². The molecule has 0 unspecified atom stereocenters. The number of benzene rings is 1. The number of sulfonamides is 1. The van der Waals surface area contributed by atoms with Crippen LogP contribution in [0.25, 0.3) is 0 Å². The summed E-state index contributed by atoms with van der Waals surface area (Å²) in [5, 5.41) is 20.3. The molecule has 1 saturated heterocycles. The number of urea groups is 1. The fraction of sp³-hybridized carbons (Fsp3) is 0.562. The molecule has 140 valence electrons. The van der Waals surface area contributed by atoms with E-state index in [1.165, 1.54) is 31.0 Å². The first-order valence-electron chi connectivity index (χ1n) is 8.43. The standard InChI is InChI=1S/C16H26N4O4S/c17-25(23,24)15-7-5-6-13(10-15)19-16(22)18-11-14(21)12-20-8-3-1-2-4-9-20/h5-7,10,14,21H,1-4,8-9,11-12H2,(H2,17,23,24)(H2,18,19,22)/t14-/m1/s1. The van der Waals surface area contributed by atoms with Gasteiger partial charge in [-0.05, 0) is 44.1 Å². The summed E-state index contributed by atoms with van der Waals surface area (Å²) in [5.41, 5.74) is 0.311. The predicted octanol–water partition coefficient (Wildman–Crippen LogP) is 0.692. The molecule has 1 aromatic rings. The molecule has 8 nitrogen and oxygen atoms in total. The Morgan fingerprint density at radius 3 is 2.56 bits per heavy atom. The molecule has 1 aliphatic heterocycles. The average Bonchev–Trinajstić information content (AvgIpc) is 2.81. The van der Waals surface area contributed by atoms with Crippen LogP contribution in [0.2, 0.25) is 0 Å². The second-order valence-corrected chi connectivity index (χ2v) is 7.84. The molecule has 1 aliphatic rings. The van der Waals surface area contributed by atoms with Crippen molar-refractivity contribution in [3.63, 3.8) is 0 Å². The van der Waals surface area contributed by atoms with Crippen LogP contribution in [-0.4, -0.2) is 56.7 Å². The third kappa shape index (κ3) is 6.99. The van der Waals surface area contributed by atoms with Crippen molar-refractivity contribution in [2.45, 2.75) is 36.7 Å². The second kappa shape index (κ2) is 9.14. The van der Waals surface area contributed by atoms with E-state index in [1.54, 1.807) is 6.07 Å². The summed E-state index contributed by atoms with van der Waals surface area (Å²) >= 11 is 0. The molecule has 0 aromatic heterocycles. The SMILES string of the molecule is NS(=O)(=O)c1cccc(NC(=O)NC[C@@H](O)CN2CCCCCC2)c1. The van der Waals surface area contributed by atoms with Crippen molar-refractivity contribution < 1.29 is 18.3 Å². The molecule has 1 heterocycles. The van der Waals surface area contributed by atoms with Gasteiger partial charge in [-0.3, -0.25) is 0 Å². The lowest BCUT2D eigenvalue weighted by molar-refractivity contribution is 0.115. The number of aliphatic hydroxyl groups is 1. The molecule has 9 heteroatoms. The smallest absolute Gasteiger partial charge is 0.319 e. The monoisotopic (exact) mass is 370 g/mol. The van der Waals surface area contributed by atoms with Crippen molar-refractivity contribution >= 4 is 21.7 Å². The number of anilines is 1. The Hall–Kier alpha value is -1.68. The zero-order valence-corrected chi connectivity index (χ0v) is 15.0. The lowest BCUT2D eigenvalue weighted by atomic mass is 10.2. The van der Waals surface area contributed by atoms with Gasteiger partial charge in [-0.1, -0.05) is 18.9 Å². The number of amides is 2. The van der Waals surface area contributed by atoms with Crippen LogP contribution in [0.5, 0.6) is 0 Å². The Morgan fingerprint density at radius 1 is 1.24 bits per heavy atom. The lowest BCUT2D eigenvalue weighted by Gasteiger charge is -2.23. The molecule has 25 heavy (non-hydrogen) atoms. The van der Waals surface area contributed by atoms with Gasteiger partial charge in [0.25, 0.3) is 0 Å². The minimum atomic E-state index is -3.82. The number of hydrogen-bond acceptors (Lipinski definition) is 5. The van der Waals surface area contributed by atoms with Crippen molar-refractivity contribution in [3.8, 4) is 0 Å².